The Morgan fingerprint density at radius 1 is 1.37 bits per heavy atom. The second-order valence-corrected chi connectivity index (χ2v) is 6.10. The van der Waals surface area contributed by atoms with Crippen molar-refractivity contribution in [3.8, 4) is 0 Å². The maximum atomic E-state index is 12.5. The molecule has 0 aromatic carbocycles. The van der Waals surface area contributed by atoms with Crippen molar-refractivity contribution in [3.63, 3.8) is 0 Å². The van der Waals surface area contributed by atoms with Crippen LogP contribution in [-0.4, -0.2) is 46.8 Å². The number of likely N-dealkylation sites (N-methyl/N-ethyl adjacent to an activating group) is 1. The molecule has 0 bridgehead atoms. The Morgan fingerprint density at radius 3 is 2.37 bits per heavy atom. The summed E-state index contributed by atoms with van der Waals surface area (Å²) in [6.45, 7) is 8.32. The molecule has 1 unspecified atom stereocenters. The van der Waals surface area contributed by atoms with Gasteiger partial charge in [0.15, 0.2) is 0 Å². The Labute approximate surface area is 117 Å². The minimum atomic E-state index is -0.864. The van der Waals surface area contributed by atoms with Crippen molar-refractivity contribution in [1.82, 2.24) is 4.90 Å². The van der Waals surface area contributed by atoms with Crippen LogP contribution in [0.2, 0.25) is 0 Å². The van der Waals surface area contributed by atoms with E-state index in [1.54, 1.807) is 18.7 Å². The van der Waals surface area contributed by atoms with Crippen LogP contribution >= 0.6 is 0 Å². The third-order valence-corrected chi connectivity index (χ3v) is 3.58. The molecule has 0 aliphatic heterocycles. The van der Waals surface area contributed by atoms with Crippen LogP contribution in [0.3, 0.4) is 0 Å². The maximum Gasteiger partial charge on any atom is 0.251 e. The average Bonchev–Trinajstić information content (AvgIpc) is 2.84. The first kappa shape index (κ1) is 16.4. The lowest BCUT2D eigenvalue weighted by Crippen LogP contribution is -2.47. The van der Waals surface area contributed by atoms with Crippen LogP contribution in [0, 0.1) is 0 Å². The van der Waals surface area contributed by atoms with Crippen LogP contribution in [0.25, 0.3) is 0 Å². The largest absolute Gasteiger partial charge is 0.389 e. The van der Waals surface area contributed by atoms with Gasteiger partial charge in [0.05, 0.1) is 11.7 Å². The third-order valence-electron chi connectivity index (χ3n) is 3.58. The highest BCUT2D eigenvalue weighted by atomic mass is 16.5. The number of carbonyl (C=O) groups is 1. The summed E-state index contributed by atoms with van der Waals surface area (Å²) in [5, 5.41) is 9.87. The Balaban J connectivity index is 2.58. The van der Waals surface area contributed by atoms with E-state index in [-0.39, 0.29) is 18.1 Å². The molecule has 4 heteroatoms. The van der Waals surface area contributed by atoms with Crippen LogP contribution in [-0.2, 0) is 9.53 Å². The molecule has 1 rings (SSSR count). The summed E-state index contributed by atoms with van der Waals surface area (Å²) >= 11 is 0. The quantitative estimate of drug-likeness (QED) is 0.773. The van der Waals surface area contributed by atoms with Gasteiger partial charge in [0, 0.05) is 13.1 Å². The highest BCUT2D eigenvalue weighted by molar-refractivity contribution is 5.81. The van der Waals surface area contributed by atoms with Crippen molar-refractivity contribution in [2.45, 2.75) is 77.6 Å². The number of carbonyl (C=O) groups excluding carboxylic acids is 1. The van der Waals surface area contributed by atoms with Crippen molar-refractivity contribution in [3.05, 3.63) is 0 Å². The second kappa shape index (κ2) is 7.25. The molecule has 1 aliphatic carbocycles. The van der Waals surface area contributed by atoms with Gasteiger partial charge in [-0.1, -0.05) is 19.8 Å². The number of hydrogen-bond donors (Lipinski definition) is 1. The first-order chi connectivity index (χ1) is 8.87. The molecule has 112 valence electrons. The summed E-state index contributed by atoms with van der Waals surface area (Å²) in [6.07, 6.45) is 5.13. The molecule has 4 nitrogen and oxygen atoms in total. The maximum absolute atomic E-state index is 12.5. The highest BCUT2D eigenvalue weighted by Crippen LogP contribution is 2.23. The summed E-state index contributed by atoms with van der Waals surface area (Å²) in [5.74, 6) is 0.0130. The van der Waals surface area contributed by atoms with Gasteiger partial charge in [-0.15, -0.1) is 0 Å². The fraction of sp³-hybridized carbons (Fsp3) is 0.933. The molecule has 19 heavy (non-hydrogen) atoms. The van der Waals surface area contributed by atoms with Gasteiger partial charge < -0.3 is 14.7 Å². The number of hydrogen-bond acceptors (Lipinski definition) is 3. The molecule has 1 atom stereocenters. The van der Waals surface area contributed by atoms with E-state index in [0.29, 0.717) is 19.5 Å². The van der Waals surface area contributed by atoms with E-state index >= 15 is 0 Å². The molecule has 0 spiro atoms. The fourth-order valence-corrected chi connectivity index (χ4v) is 2.60. The molecule has 1 fully saturated rings. The van der Waals surface area contributed by atoms with Gasteiger partial charge in [-0.3, -0.25) is 4.79 Å². The molecule has 0 aromatic rings. The van der Waals surface area contributed by atoms with E-state index in [4.69, 9.17) is 4.74 Å². The third kappa shape index (κ3) is 5.49. The topological polar surface area (TPSA) is 49.8 Å². The smallest absolute Gasteiger partial charge is 0.251 e. The van der Waals surface area contributed by atoms with Gasteiger partial charge in [-0.2, -0.15) is 0 Å². The molecule has 0 heterocycles. The Morgan fingerprint density at radius 2 is 1.95 bits per heavy atom. The summed E-state index contributed by atoms with van der Waals surface area (Å²) in [5.41, 5.74) is -0.864. The van der Waals surface area contributed by atoms with Crippen LogP contribution in [0.1, 0.15) is 59.8 Å². The predicted molar refractivity (Wildman–Crippen MR) is 76.0 cm³/mol. The van der Waals surface area contributed by atoms with Crippen LogP contribution in [0.15, 0.2) is 0 Å². The molecular weight excluding hydrogens is 242 g/mol. The lowest BCUT2D eigenvalue weighted by atomic mass is 10.1. The summed E-state index contributed by atoms with van der Waals surface area (Å²) in [4.78, 5) is 14.2. The van der Waals surface area contributed by atoms with Crippen molar-refractivity contribution < 1.29 is 14.6 Å². The van der Waals surface area contributed by atoms with Gasteiger partial charge in [0.25, 0.3) is 5.91 Å². The summed E-state index contributed by atoms with van der Waals surface area (Å²) < 4.78 is 5.95. The number of aliphatic hydroxyl groups is 1. The normalized spacial score (nSPS) is 18.6. The summed E-state index contributed by atoms with van der Waals surface area (Å²) in [6, 6.07) is 0. The van der Waals surface area contributed by atoms with E-state index in [1.807, 2.05) is 13.8 Å². The zero-order chi connectivity index (χ0) is 14.5. The van der Waals surface area contributed by atoms with E-state index < -0.39 is 5.60 Å². The fourth-order valence-electron chi connectivity index (χ4n) is 2.60. The van der Waals surface area contributed by atoms with Crippen molar-refractivity contribution >= 4 is 5.91 Å². The molecule has 1 amide bonds. The average molecular weight is 271 g/mol. The number of ether oxygens (including phenoxy) is 1. The Bertz CT molecular complexity index is 280. The SMILES string of the molecule is CCC(OC1CCCC1)C(=O)N(CC)CC(C)(C)O. The molecule has 1 N–H and O–H groups in total. The van der Waals surface area contributed by atoms with Gasteiger partial charge >= 0.3 is 0 Å². The molecule has 0 radical (unpaired) electrons. The van der Waals surface area contributed by atoms with Gasteiger partial charge in [-0.25, -0.2) is 0 Å². The predicted octanol–water partition coefficient (Wildman–Crippen LogP) is 2.34. The number of amides is 1. The van der Waals surface area contributed by atoms with E-state index in [2.05, 4.69) is 0 Å². The molecule has 0 saturated heterocycles. The number of nitrogens with zero attached hydrogens (tertiary/aromatic N) is 1. The van der Waals surface area contributed by atoms with Crippen molar-refractivity contribution in [2.75, 3.05) is 13.1 Å². The zero-order valence-corrected chi connectivity index (χ0v) is 12.8. The Kier molecular flexibility index (Phi) is 6.27. The second-order valence-electron chi connectivity index (χ2n) is 6.10. The van der Waals surface area contributed by atoms with E-state index in [1.165, 1.54) is 12.8 Å². The van der Waals surface area contributed by atoms with E-state index in [0.717, 1.165) is 12.8 Å². The zero-order valence-electron chi connectivity index (χ0n) is 12.8. The standard InChI is InChI=1S/C15H29NO3/c1-5-13(19-12-9-7-8-10-12)14(17)16(6-2)11-15(3,4)18/h12-13,18H,5-11H2,1-4H3. The monoisotopic (exact) mass is 271 g/mol. The number of rotatable bonds is 7. The molecule has 1 saturated carbocycles. The highest BCUT2D eigenvalue weighted by Gasteiger charge is 2.29. The van der Waals surface area contributed by atoms with E-state index in [9.17, 15) is 9.90 Å². The van der Waals surface area contributed by atoms with Gasteiger partial charge in [0.2, 0.25) is 0 Å². The minimum Gasteiger partial charge on any atom is -0.389 e. The van der Waals surface area contributed by atoms with Gasteiger partial charge in [0.1, 0.15) is 6.10 Å². The molecular formula is C15H29NO3. The van der Waals surface area contributed by atoms with Crippen molar-refractivity contribution in [1.29, 1.82) is 0 Å². The summed E-state index contributed by atoms with van der Waals surface area (Å²) in [7, 11) is 0. The first-order valence-corrected chi connectivity index (χ1v) is 7.54. The molecule has 0 aromatic heterocycles. The minimum absolute atomic E-state index is 0.0130. The van der Waals surface area contributed by atoms with Crippen LogP contribution in [0.4, 0.5) is 0 Å². The van der Waals surface area contributed by atoms with Crippen LogP contribution in [0.5, 0.6) is 0 Å². The van der Waals surface area contributed by atoms with Crippen LogP contribution < -0.4 is 0 Å². The lowest BCUT2D eigenvalue weighted by molar-refractivity contribution is -0.150. The lowest BCUT2D eigenvalue weighted by Gasteiger charge is -2.31. The first-order valence-electron chi connectivity index (χ1n) is 7.54. The van der Waals surface area contributed by atoms with Gasteiger partial charge in [-0.05, 0) is 40.0 Å². The Hall–Kier alpha value is -0.610. The van der Waals surface area contributed by atoms with Crippen molar-refractivity contribution in [2.24, 2.45) is 0 Å². The molecule has 1 aliphatic rings.